The average Bonchev–Trinajstić information content (AvgIpc) is 2.17. The highest BCUT2D eigenvalue weighted by Gasteiger charge is 2.20. The molecule has 0 N–H and O–H groups in total. The first kappa shape index (κ1) is 14.2. The van der Waals surface area contributed by atoms with Gasteiger partial charge in [0.05, 0.1) is 17.0 Å². The van der Waals surface area contributed by atoms with Crippen LogP contribution in [-0.2, 0) is 14.8 Å². The smallest absolute Gasteiger partial charge is 0.242 e. The Balaban J connectivity index is 3.22. The zero-order chi connectivity index (χ0) is 13.2. The van der Waals surface area contributed by atoms with Gasteiger partial charge < -0.3 is 0 Å². The van der Waals surface area contributed by atoms with E-state index in [1.807, 2.05) is 0 Å². The topological polar surface area (TPSA) is 54.5 Å². The molecule has 0 saturated carbocycles. The van der Waals surface area contributed by atoms with Gasteiger partial charge >= 0.3 is 0 Å². The highest BCUT2D eigenvalue weighted by molar-refractivity contribution is 7.92. The second-order valence-corrected chi connectivity index (χ2v) is 5.96. The lowest BCUT2D eigenvalue weighted by Crippen LogP contribution is -2.33. The Hall–Kier alpha value is -0.850. The van der Waals surface area contributed by atoms with Crippen LogP contribution in [0.4, 0.5) is 10.1 Å². The standard InChI is InChI=1S/C9H8Cl2FNO3S/c1-17(15,16)13(5-9(11)14)6-2-3-8(12)7(10)4-6/h2-4H,5H2,1H3. The maximum absolute atomic E-state index is 12.9. The Morgan fingerprint density at radius 2 is 2.06 bits per heavy atom. The first-order valence-corrected chi connectivity index (χ1v) is 6.93. The zero-order valence-corrected chi connectivity index (χ0v) is 11.0. The molecule has 0 aromatic heterocycles. The average molecular weight is 300 g/mol. The molecule has 1 aromatic carbocycles. The van der Waals surface area contributed by atoms with E-state index < -0.39 is 27.6 Å². The van der Waals surface area contributed by atoms with Crippen molar-refractivity contribution in [2.45, 2.75) is 0 Å². The Morgan fingerprint density at radius 1 is 1.47 bits per heavy atom. The van der Waals surface area contributed by atoms with Crippen molar-refractivity contribution in [2.75, 3.05) is 17.1 Å². The van der Waals surface area contributed by atoms with Gasteiger partial charge in [-0.15, -0.1) is 0 Å². The number of sulfonamides is 1. The minimum Gasteiger partial charge on any atom is -0.279 e. The third-order valence-electron chi connectivity index (χ3n) is 1.86. The Labute approximate surface area is 108 Å². The monoisotopic (exact) mass is 299 g/mol. The lowest BCUT2D eigenvalue weighted by molar-refractivity contribution is -0.110. The molecular weight excluding hydrogens is 292 g/mol. The van der Waals surface area contributed by atoms with Gasteiger partial charge in [0.1, 0.15) is 12.4 Å². The molecule has 0 aliphatic rings. The molecule has 0 bridgehead atoms. The summed E-state index contributed by atoms with van der Waals surface area (Å²) in [7, 11) is -3.70. The van der Waals surface area contributed by atoms with Crippen LogP contribution < -0.4 is 4.31 Å². The number of carbonyl (C=O) groups is 1. The normalized spacial score (nSPS) is 11.3. The maximum atomic E-state index is 12.9. The van der Waals surface area contributed by atoms with Crippen molar-refractivity contribution in [3.8, 4) is 0 Å². The van der Waals surface area contributed by atoms with Gasteiger partial charge in [-0.2, -0.15) is 0 Å². The largest absolute Gasteiger partial charge is 0.279 e. The van der Waals surface area contributed by atoms with Crippen molar-refractivity contribution in [1.82, 2.24) is 0 Å². The molecule has 94 valence electrons. The summed E-state index contributed by atoms with van der Waals surface area (Å²) in [6.07, 6.45) is 0.907. The minimum absolute atomic E-state index is 0.0768. The molecule has 4 nitrogen and oxygen atoms in total. The third kappa shape index (κ3) is 3.83. The van der Waals surface area contributed by atoms with Crippen molar-refractivity contribution >= 4 is 44.2 Å². The first-order valence-electron chi connectivity index (χ1n) is 4.33. The molecule has 0 radical (unpaired) electrons. The zero-order valence-electron chi connectivity index (χ0n) is 8.65. The number of benzene rings is 1. The molecule has 0 spiro atoms. The van der Waals surface area contributed by atoms with E-state index in [1.54, 1.807) is 0 Å². The Morgan fingerprint density at radius 3 is 2.47 bits per heavy atom. The molecular formula is C9H8Cl2FNO3S. The van der Waals surface area contributed by atoms with Crippen LogP contribution in [0.5, 0.6) is 0 Å². The molecule has 17 heavy (non-hydrogen) atoms. The highest BCUT2D eigenvalue weighted by Crippen LogP contribution is 2.24. The van der Waals surface area contributed by atoms with Crippen LogP contribution in [0.3, 0.4) is 0 Å². The van der Waals surface area contributed by atoms with Crippen LogP contribution in [0.15, 0.2) is 18.2 Å². The van der Waals surface area contributed by atoms with E-state index in [1.165, 1.54) is 6.07 Å². The molecule has 0 amide bonds. The second-order valence-electron chi connectivity index (χ2n) is 3.22. The van der Waals surface area contributed by atoms with Crippen molar-refractivity contribution < 1.29 is 17.6 Å². The maximum Gasteiger partial charge on any atom is 0.242 e. The van der Waals surface area contributed by atoms with E-state index in [9.17, 15) is 17.6 Å². The van der Waals surface area contributed by atoms with E-state index in [-0.39, 0.29) is 10.7 Å². The Kier molecular flexibility index (Phi) is 4.35. The summed E-state index contributed by atoms with van der Waals surface area (Å²) in [5.41, 5.74) is 0.0768. The van der Waals surface area contributed by atoms with Crippen LogP contribution in [0.25, 0.3) is 0 Å². The molecule has 0 saturated heterocycles. The third-order valence-corrected chi connectivity index (χ3v) is 3.41. The van der Waals surface area contributed by atoms with Gasteiger partial charge in [-0.3, -0.25) is 9.10 Å². The lowest BCUT2D eigenvalue weighted by atomic mass is 10.3. The predicted molar refractivity (Wildman–Crippen MR) is 64.5 cm³/mol. The number of rotatable bonds is 4. The number of halogens is 3. The van der Waals surface area contributed by atoms with Crippen LogP contribution in [0.2, 0.25) is 5.02 Å². The van der Waals surface area contributed by atoms with E-state index in [0.29, 0.717) is 0 Å². The second kappa shape index (κ2) is 5.20. The fourth-order valence-corrected chi connectivity index (χ4v) is 2.37. The van der Waals surface area contributed by atoms with Gasteiger partial charge in [-0.05, 0) is 29.8 Å². The summed E-state index contributed by atoms with van der Waals surface area (Å²) in [5.74, 6) is -0.680. The molecule has 0 aliphatic carbocycles. The molecule has 0 atom stereocenters. The van der Waals surface area contributed by atoms with Crippen molar-refractivity contribution in [1.29, 1.82) is 0 Å². The van der Waals surface area contributed by atoms with Crippen LogP contribution >= 0.6 is 23.2 Å². The van der Waals surface area contributed by atoms with Crippen molar-refractivity contribution in [3.63, 3.8) is 0 Å². The predicted octanol–water partition coefficient (Wildman–Crippen LogP) is 2.01. The molecule has 0 unspecified atom stereocenters. The molecule has 1 rings (SSSR count). The molecule has 0 fully saturated rings. The van der Waals surface area contributed by atoms with Gasteiger partial charge in [0.25, 0.3) is 0 Å². The fourth-order valence-electron chi connectivity index (χ4n) is 1.15. The van der Waals surface area contributed by atoms with Crippen LogP contribution in [-0.4, -0.2) is 26.5 Å². The molecule has 0 aliphatic heterocycles. The molecule has 1 aromatic rings. The summed E-state index contributed by atoms with van der Waals surface area (Å²) in [6.45, 7) is -0.539. The van der Waals surface area contributed by atoms with Crippen molar-refractivity contribution in [2.24, 2.45) is 0 Å². The van der Waals surface area contributed by atoms with Crippen molar-refractivity contribution in [3.05, 3.63) is 29.0 Å². The number of carbonyl (C=O) groups excluding carboxylic acids is 1. The fraction of sp³-hybridized carbons (Fsp3) is 0.222. The summed E-state index contributed by atoms with van der Waals surface area (Å²) >= 11 is 10.7. The molecule has 8 heteroatoms. The summed E-state index contributed by atoms with van der Waals surface area (Å²) in [5, 5.41) is -1.09. The number of hydrogen-bond acceptors (Lipinski definition) is 3. The summed E-state index contributed by atoms with van der Waals surface area (Å²) in [6, 6.07) is 3.31. The number of nitrogens with zero attached hydrogens (tertiary/aromatic N) is 1. The van der Waals surface area contributed by atoms with Crippen LogP contribution in [0, 0.1) is 5.82 Å². The van der Waals surface area contributed by atoms with E-state index >= 15 is 0 Å². The van der Waals surface area contributed by atoms with Gasteiger partial charge in [-0.25, -0.2) is 12.8 Å². The Bertz CT molecular complexity index is 547. The van der Waals surface area contributed by atoms with Gasteiger partial charge in [0, 0.05) is 0 Å². The summed E-state index contributed by atoms with van der Waals surface area (Å²) in [4.78, 5) is 10.8. The SMILES string of the molecule is CS(=O)(=O)N(CC(=O)Cl)c1ccc(F)c(Cl)c1. The van der Waals surface area contributed by atoms with Gasteiger partial charge in [-0.1, -0.05) is 11.6 Å². The van der Waals surface area contributed by atoms with E-state index in [0.717, 1.165) is 22.7 Å². The van der Waals surface area contributed by atoms with Gasteiger partial charge in [0.2, 0.25) is 15.3 Å². The number of hydrogen-bond donors (Lipinski definition) is 0. The number of anilines is 1. The van der Waals surface area contributed by atoms with E-state index in [4.69, 9.17) is 23.2 Å². The minimum atomic E-state index is -3.70. The first-order chi connectivity index (χ1) is 7.71. The van der Waals surface area contributed by atoms with Gasteiger partial charge in [0.15, 0.2) is 0 Å². The lowest BCUT2D eigenvalue weighted by Gasteiger charge is -2.20. The molecule has 0 heterocycles. The van der Waals surface area contributed by atoms with Crippen LogP contribution in [0.1, 0.15) is 0 Å². The highest BCUT2D eigenvalue weighted by atomic mass is 35.5. The quantitative estimate of drug-likeness (QED) is 0.799. The van der Waals surface area contributed by atoms with E-state index in [2.05, 4.69) is 0 Å². The summed E-state index contributed by atoms with van der Waals surface area (Å²) < 4.78 is 36.6.